The van der Waals surface area contributed by atoms with E-state index in [-0.39, 0.29) is 6.04 Å². The van der Waals surface area contributed by atoms with Crippen molar-refractivity contribution in [2.45, 2.75) is 26.3 Å². The monoisotopic (exact) mass is 263 g/mol. The van der Waals surface area contributed by atoms with Crippen molar-refractivity contribution in [3.8, 4) is 0 Å². The van der Waals surface area contributed by atoms with Gasteiger partial charge in [0.2, 0.25) is 0 Å². The highest BCUT2D eigenvalue weighted by atomic mass is 35.5. The zero-order valence-corrected chi connectivity index (χ0v) is 11.5. The van der Waals surface area contributed by atoms with Crippen LogP contribution in [-0.4, -0.2) is 6.54 Å². The van der Waals surface area contributed by atoms with Gasteiger partial charge >= 0.3 is 0 Å². The summed E-state index contributed by atoms with van der Waals surface area (Å²) in [5.41, 5.74) is 2.36. The van der Waals surface area contributed by atoms with Crippen molar-refractivity contribution in [3.63, 3.8) is 0 Å². The molecule has 2 nitrogen and oxygen atoms in total. The third kappa shape index (κ3) is 2.95. The number of likely N-dealkylation sites (N-methyl/N-ethyl adjacent to an activating group) is 1. The molecule has 0 amide bonds. The number of aryl methyl sites for hydroxylation is 1. The van der Waals surface area contributed by atoms with Crippen molar-refractivity contribution in [1.29, 1.82) is 0 Å². The first-order chi connectivity index (χ1) is 8.72. The molecule has 1 heterocycles. The van der Waals surface area contributed by atoms with E-state index in [0.717, 1.165) is 29.3 Å². The average Bonchev–Trinajstić information content (AvgIpc) is 2.78. The highest BCUT2D eigenvalue weighted by Crippen LogP contribution is 2.25. The molecular formula is C15H18ClNO. The summed E-state index contributed by atoms with van der Waals surface area (Å²) in [6, 6.07) is 10.3. The van der Waals surface area contributed by atoms with Gasteiger partial charge in [-0.15, -0.1) is 0 Å². The predicted molar refractivity (Wildman–Crippen MR) is 75.0 cm³/mol. The predicted octanol–water partition coefficient (Wildman–Crippen LogP) is 4.13. The van der Waals surface area contributed by atoms with E-state index in [1.165, 1.54) is 5.56 Å². The van der Waals surface area contributed by atoms with Crippen LogP contribution in [0.15, 0.2) is 41.0 Å². The molecule has 18 heavy (non-hydrogen) atoms. The van der Waals surface area contributed by atoms with Crippen LogP contribution in [0.3, 0.4) is 0 Å². The maximum absolute atomic E-state index is 6.22. The number of benzene rings is 1. The van der Waals surface area contributed by atoms with Gasteiger partial charge in [-0.3, -0.25) is 0 Å². The molecule has 2 aromatic rings. The molecule has 0 spiro atoms. The minimum atomic E-state index is 0.244. The number of furan rings is 1. The summed E-state index contributed by atoms with van der Waals surface area (Å²) in [7, 11) is 0. The molecule has 0 aliphatic rings. The Morgan fingerprint density at radius 1 is 1.28 bits per heavy atom. The lowest BCUT2D eigenvalue weighted by Crippen LogP contribution is -2.23. The Labute approximate surface area is 113 Å². The molecule has 0 saturated carbocycles. The highest BCUT2D eigenvalue weighted by Gasteiger charge is 2.16. The molecule has 0 radical (unpaired) electrons. The Balaban J connectivity index is 2.22. The van der Waals surface area contributed by atoms with Crippen LogP contribution < -0.4 is 5.32 Å². The SMILES string of the molecule is CCNC(Cc1ccccc1Cl)c1ccoc1C. The second-order valence-corrected chi connectivity index (χ2v) is 4.75. The minimum absolute atomic E-state index is 0.244. The number of nitrogens with one attached hydrogen (secondary N) is 1. The van der Waals surface area contributed by atoms with Gasteiger partial charge in [-0.1, -0.05) is 36.7 Å². The van der Waals surface area contributed by atoms with Gasteiger partial charge in [-0.25, -0.2) is 0 Å². The molecule has 1 unspecified atom stereocenters. The van der Waals surface area contributed by atoms with Crippen LogP contribution in [0, 0.1) is 6.92 Å². The van der Waals surface area contributed by atoms with Gasteiger partial charge in [0.05, 0.1) is 6.26 Å². The fourth-order valence-corrected chi connectivity index (χ4v) is 2.39. The third-order valence-corrected chi connectivity index (χ3v) is 3.48. The molecule has 0 bridgehead atoms. The molecule has 1 atom stereocenters. The molecular weight excluding hydrogens is 246 g/mol. The summed E-state index contributed by atoms with van der Waals surface area (Å²) in [5.74, 6) is 0.966. The van der Waals surface area contributed by atoms with Gasteiger partial charge in [-0.2, -0.15) is 0 Å². The maximum atomic E-state index is 6.22. The van der Waals surface area contributed by atoms with Crippen molar-refractivity contribution in [3.05, 3.63) is 58.5 Å². The summed E-state index contributed by atoms with van der Waals surface area (Å²) >= 11 is 6.22. The summed E-state index contributed by atoms with van der Waals surface area (Å²) < 4.78 is 5.39. The summed E-state index contributed by atoms with van der Waals surface area (Å²) in [6.45, 7) is 5.01. The lowest BCUT2D eigenvalue weighted by Gasteiger charge is -2.18. The fraction of sp³-hybridized carbons (Fsp3) is 0.333. The minimum Gasteiger partial charge on any atom is -0.469 e. The van der Waals surface area contributed by atoms with E-state index in [0.29, 0.717) is 0 Å². The van der Waals surface area contributed by atoms with E-state index in [1.807, 2.05) is 31.2 Å². The van der Waals surface area contributed by atoms with E-state index in [9.17, 15) is 0 Å². The first kappa shape index (κ1) is 13.2. The van der Waals surface area contributed by atoms with Gasteiger partial charge in [0.1, 0.15) is 5.76 Å². The van der Waals surface area contributed by atoms with Crippen molar-refractivity contribution in [2.75, 3.05) is 6.54 Å². The van der Waals surface area contributed by atoms with E-state index >= 15 is 0 Å². The Morgan fingerprint density at radius 2 is 2.06 bits per heavy atom. The molecule has 0 aliphatic heterocycles. The third-order valence-electron chi connectivity index (χ3n) is 3.11. The number of hydrogen-bond acceptors (Lipinski definition) is 2. The zero-order valence-electron chi connectivity index (χ0n) is 10.7. The normalized spacial score (nSPS) is 12.6. The van der Waals surface area contributed by atoms with Crippen LogP contribution in [0.5, 0.6) is 0 Å². The van der Waals surface area contributed by atoms with Crippen LogP contribution in [0.25, 0.3) is 0 Å². The van der Waals surface area contributed by atoms with Crippen LogP contribution in [-0.2, 0) is 6.42 Å². The summed E-state index contributed by atoms with van der Waals surface area (Å²) in [6.07, 6.45) is 2.61. The second-order valence-electron chi connectivity index (χ2n) is 4.34. The Bertz CT molecular complexity index is 507. The number of hydrogen-bond donors (Lipinski definition) is 1. The van der Waals surface area contributed by atoms with E-state index in [1.54, 1.807) is 6.26 Å². The molecule has 3 heteroatoms. The molecule has 1 aromatic carbocycles. The van der Waals surface area contributed by atoms with Gasteiger partial charge in [0, 0.05) is 16.6 Å². The quantitative estimate of drug-likeness (QED) is 0.877. The first-order valence-electron chi connectivity index (χ1n) is 6.23. The maximum Gasteiger partial charge on any atom is 0.105 e. The smallest absolute Gasteiger partial charge is 0.105 e. The molecule has 0 saturated heterocycles. The molecule has 0 aliphatic carbocycles. The van der Waals surface area contributed by atoms with Crippen LogP contribution in [0.1, 0.15) is 29.9 Å². The van der Waals surface area contributed by atoms with Crippen molar-refractivity contribution < 1.29 is 4.42 Å². The van der Waals surface area contributed by atoms with Crippen molar-refractivity contribution in [2.24, 2.45) is 0 Å². The molecule has 1 aromatic heterocycles. The van der Waals surface area contributed by atoms with Crippen molar-refractivity contribution in [1.82, 2.24) is 5.32 Å². The standard InChI is InChI=1S/C15H18ClNO/c1-3-17-15(13-8-9-18-11(13)2)10-12-6-4-5-7-14(12)16/h4-9,15,17H,3,10H2,1-2H3. The Morgan fingerprint density at radius 3 is 2.67 bits per heavy atom. The molecule has 96 valence electrons. The lowest BCUT2D eigenvalue weighted by atomic mass is 9.99. The van der Waals surface area contributed by atoms with E-state index < -0.39 is 0 Å². The van der Waals surface area contributed by atoms with Gasteiger partial charge < -0.3 is 9.73 Å². The number of halogens is 1. The van der Waals surface area contributed by atoms with Crippen LogP contribution >= 0.6 is 11.6 Å². The summed E-state index contributed by atoms with van der Waals surface area (Å²) in [4.78, 5) is 0. The average molecular weight is 264 g/mol. The highest BCUT2D eigenvalue weighted by molar-refractivity contribution is 6.31. The van der Waals surface area contributed by atoms with Crippen LogP contribution in [0.4, 0.5) is 0 Å². The van der Waals surface area contributed by atoms with Gasteiger partial charge in [-0.05, 0) is 37.6 Å². The van der Waals surface area contributed by atoms with Crippen molar-refractivity contribution >= 4 is 11.6 Å². The number of rotatable bonds is 5. The summed E-state index contributed by atoms with van der Waals surface area (Å²) in [5, 5.41) is 4.30. The zero-order chi connectivity index (χ0) is 13.0. The topological polar surface area (TPSA) is 25.2 Å². The molecule has 2 rings (SSSR count). The fourth-order valence-electron chi connectivity index (χ4n) is 2.18. The van der Waals surface area contributed by atoms with Crippen LogP contribution in [0.2, 0.25) is 5.02 Å². The van der Waals surface area contributed by atoms with Gasteiger partial charge in [0.15, 0.2) is 0 Å². The molecule has 0 fully saturated rings. The van der Waals surface area contributed by atoms with Gasteiger partial charge in [0.25, 0.3) is 0 Å². The Kier molecular flexibility index (Phi) is 4.45. The second kappa shape index (κ2) is 6.07. The van der Waals surface area contributed by atoms with E-state index in [4.69, 9.17) is 16.0 Å². The Hall–Kier alpha value is -1.25. The largest absolute Gasteiger partial charge is 0.469 e. The first-order valence-corrected chi connectivity index (χ1v) is 6.61. The lowest BCUT2D eigenvalue weighted by molar-refractivity contribution is 0.501. The van der Waals surface area contributed by atoms with E-state index in [2.05, 4.69) is 18.3 Å². The molecule has 1 N–H and O–H groups in total.